The largest absolute Gasteiger partial charge is 0.489 e. The lowest BCUT2D eigenvalue weighted by Crippen LogP contribution is -2.07. The highest BCUT2D eigenvalue weighted by Gasteiger charge is 2.13. The number of pyridine rings is 1. The number of fused-ring (bicyclic) bond motifs is 1. The van der Waals surface area contributed by atoms with Gasteiger partial charge in [0.15, 0.2) is 0 Å². The third-order valence-electron chi connectivity index (χ3n) is 3.41. The van der Waals surface area contributed by atoms with Gasteiger partial charge in [-0.1, -0.05) is 17.7 Å². The highest BCUT2D eigenvalue weighted by Crippen LogP contribution is 2.27. The third-order valence-corrected chi connectivity index (χ3v) is 3.70. The van der Waals surface area contributed by atoms with Crippen LogP contribution >= 0.6 is 11.6 Å². The second kappa shape index (κ2) is 6.93. The molecule has 3 rings (SSSR count). The number of aromatic amines is 1. The maximum atomic E-state index is 12.3. The molecule has 3 aromatic rings. The molecule has 0 saturated heterocycles. The van der Waals surface area contributed by atoms with Gasteiger partial charge in [-0.3, -0.25) is 0 Å². The molecule has 1 aromatic carbocycles. The summed E-state index contributed by atoms with van der Waals surface area (Å²) in [6, 6.07) is 8.79. The highest BCUT2D eigenvalue weighted by molar-refractivity contribution is 6.32. The quantitative estimate of drug-likeness (QED) is 0.698. The minimum Gasteiger partial charge on any atom is -0.489 e. The van der Waals surface area contributed by atoms with Gasteiger partial charge in [-0.05, 0) is 43.7 Å². The van der Waals surface area contributed by atoms with Crippen molar-refractivity contribution in [2.24, 2.45) is 0 Å². The normalized spacial score (nSPS) is 11.0. The van der Waals surface area contributed by atoms with Crippen LogP contribution in [0.5, 0.6) is 5.75 Å². The van der Waals surface area contributed by atoms with Crippen molar-refractivity contribution in [1.82, 2.24) is 9.97 Å². The molecule has 0 aliphatic heterocycles. The number of ether oxygens (including phenoxy) is 2. The molecule has 2 heterocycles. The van der Waals surface area contributed by atoms with Crippen LogP contribution in [-0.2, 0) is 11.3 Å². The van der Waals surface area contributed by atoms with Gasteiger partial charge in [0.05, 0.1) is 16.7 Å². The van der Waals surface area contributed by atoms with E-state index in [9.17, 15) is 4.79 Å². The zero-order valence-electron chi connectivity index (χ0n) is 13.4. The minimum atomic E-state index is -0.402. The smallest absolute Gasteiger partial charge is 0.339 e. The van der Waals surface area contributed by atoms with Crippen LogP contribution in [0.2, 0.25) is 5.02 Å². The monoisotopic (exact) mass is 344 g/mol. The summed E-state index contributed by atoms with van der Waals surface area (Å²) in [6.45, 7) is 4.00. The van der Waals surface area contributed by atoms with Crippen LogP contribution in [0.1, 0.15) is 29.8 Å². The number of carbonyl (C=O) groups is 1. The second-order valence-corrected chi connectivity index (χ2v) is 6.01. The number of carbonyl (C=O) groups excluding carboxylic acids is 1. The van der Waals surface area contributed by atoms with Gasteiger partial charge < -0.3 is 14.5 Å². The summed E-state index contributed by atoms with van der Waals surface area (Å²) in [5, 5.41) is 1.23. The molecule has 0 saturated carbocycles. The fourth-order valence-electron chi connectivity index (χ4n) is 2.35. The molecular formula is C18H17ClN2O3. The van der Waals surface area contributed by atoms with E-state index in [1.54, 1.807) is 36.7 Å². The first-order valence-electron chi connectivity index (χ1n) is 7.59. The summed E-state index contributed by atoms with van der Waals surface area (Å²) < 4.78 is 11.0. The lowest BCUT2D eigenvalue weighted by Gasteiger charge is -2.12. The number of H-pyrrole nitrogens is 1. The zero-order valence-corrected chi connectivity index (χ0v) is 14.1. The van der Waals surface area contributed by atoms with Crippen LogP contribution in [0.3, 0.4) is 0 Å². The Morgan fingerprint density at radius 3 is 2.88 bits per heavy atom. The number of nitrogens with one attached hydrogen (secondary N) is 1. The molecule has 1 N–H and O–H groups in total. The van der Waals surface area contributed by atoms with Crippen molar-refractivity contribution < 1.29 is 14.3 Å². The van der Waals surface area contributed by atoms with Crippen molar-refractivity contribution in [3.63, 3.8) is 0 Å². The first-order valence-corrected chi connectivity index (χ1v) is 7.96. The summed E-state index contributed by atoms with van der Waals surface area (Å²) in [4.78, 5) is 19.4. The van der Waals surface area contributed by atoms with E-state index in [1.807, 2.05) is 19.9 Å². The number of rotatable bonds is 5. The van der Waals surface area contributed by atoms with Gasteiger partial charge in [0.25, 0.3) is 0 Å². The first kappa shape index (κ1) is 16.3. The van der Waals surface area contributed by atoms with Gasteiger partial charge in [0.1, 0.15) is 18.0 Å². The van der Waals surface area contributed by atoms with Crippen molar-refractivity contribution in [3.05, 3.63) is 58.9 Å². The molecule has 0 bridgehead atoms. The Labute approximate surface area is 144 Å². The number of benzene rings is 1. The van der Waals surface area contributed by atoms with E-state index >= 15 is 0 Å². The van der Waals surface area contributed by atoms with Gasteiger partial charge in [-0.25, -0.2) is 9.78 Å². The van der Waals surface area contributed by atoms with E-state index in [0.29, 0.717) is 22.0 Å². The lowest BCUT2D eigenvalue weighted by molar-refractivity contribution is 0.0475. The molecule has 6 heteroatoms. The van der Waals surface area contributed by atoms with E-state index in [4.69, 9.17) is 21.1 Å². The molecule has 24 heavy (non-hydrogen) atoms. The van der Waals surface area contributed by atoms with E-state index < -0.39 is 5.97 Å². The molecule has 2 aromatic heterocycles. The SMILES string of the molecule is CC(C)Oc1ccc(COC(=O)c2ccnc3[nH]ccc23)cc1Cl. The number of nitrogens with zero attached hydrogens (tertiary/aromatic N) is 1. The Bertz CT molecular complexity index is 874. The Balaban J connectivity index is 1.70. The molecule has 0 radical (unpaired) electrons. The molecule has 0 atom stereocenters. The minimum absolute atomic E-state index is 0.0432. The van der Waals surface area contributed by atoms with Crippen LogP contribution in [-0.4, -0.2) is 22.0 Å². The maximum Gasteiger partial charge on any atom is 0.339 e. The van der Waals surface area contributed by atoms with Gasteiger partial charge in [-0.15, -0.1) is 0 Å². The summed E-state index contributed by atoms with van der Waals surface area (Å²) in [6.07, 6.45) is 3.35. The van der Waals surface area contributed by atoms with Crippen LogP contribution < -0.4 is 4.74 Å². The molecule has 0 unspecified atom stereocenters. The molecule has 0 amide bonds. The first-order chi connectivity index (χ1) is 11.5. The van der Waals surface area contributed by atoms with Crippen LogP contribution in [0.15, 0.2) is 42.7 Å². The summed E-state index contributed by atoms with van der Waals surface area (Å²) in [5.74, 6) is 0.213. The van der Waals surface area contributed by atoms with Gasteiger partial charge in [-0.2, -0.15) is 0 Å². The summed E-state index contributed by atoms with van der Waals surface area (Å²) in [7, 11) is 0. The molecule has 0 aliphatic rings. The average molecular weight is 345 g/mol. The summed E-state index contributed by atoms with van der Waals surface area (Å²) in [5.41, 5.74) is 1.93. The number of halogens is 1. The van der Waals surface area contributed by atoms with Gasteiger partial charge >= 0.3 is 5.97 Å². The molecule has 0 aliphatic carbocycles. The van der Waals surface area contributed by atoms with E-state index in [0.717, 1.165) is 10.9 Å². The topological polar surface area (TPSA) is 64.2 Å². The standard InChI is InChI=1S/C18H17ClN2O3/c1-11(2)24-16-4-3-12(9-15(16)19)10-23-18(22)14-6-8-21-17-13(14)5-7-20-17/h3-9,11H,10H2,1-2H3,(H,20,21). The summed E-state index contributed by atoms with van der Waals surface area (Å²) >= 11 is 6.19. The molecule has 5 nitrogen and oxygen atoms in total. The second-order valence-electron chi connectivity index (χ2n) is 5.61. The fourth-order valence-corrected chi connectivity index (χ4v) is 2.60. The lowest BCUT2D eigenvalue weighted by atomic mass is 10.2. The van der Waals surface area contributed by atoms with Crippen molar-refractivity contribution in [2.45, 2.75) is 26.6 Å². The number of hydrogen-bond donors (Lipinski definition) is 1. The zero-order chi connectivity index (χ0) is 17.1. The van der Waals surface area contributed by atoms with Crippen molar-refractivity contribution in [2.75, 3.05) is 0 Å². The third kappa shape index (κ3) is 3.51. The Morgan fingerprint density at radius 2 is 2.12 bits per heavy atom. The Kier molecular flexibility index (Phi) is 4.71. The molecule has 0 spiro atoms. The van der Waals surface area contributed by atoms with Crippen molar-refractivity contribution in [1.29, 1.82) is 0 Å². The van der Waals surface area contributed by atoms with E-state index in [2.05, 4.69) is 9.97 Å². The number of esters is 1. The van der Waals surface area contributed by atoms with Crippen LogP contribution in [0.4, 0.5) is 0 Å². The van der Waals surface area contributed by atoms with Gasteiger partial charge in [0, 0.05) is 17.8 Å². The molecule has 0 fully saturated rings. The predicted molar refractivity (Wildman–Crippen MR) is 92.4 cm³/mol. The van der Waals surface area contributed by atoms with Crippen LogP contribution in [0.25, 0.3) is 11.0 Å². The fraction of sp³-hybridized carbons (Fsp3) is 0.222. The highest BCUT2D eigenvalue weighted by atomic mass is 35.5. The molecular weight excluding hydrogens is 328 g/mol. The predicted octanol–water partition coefficient (Wildman–Crippen LogP) is 4.36. The number of aromatic nitrogens is 2. The van der Waals surface area contributed by atoms with Crippen molar-refractivity contribution in [3.8, 4) is 5.75 Å². The van der Waals surface area contributed by atoms with Gasteiger partial charge in [0.2, 0.25) is 0 Å². The maximum absolute atomic E-state index is 12.3. The molecule has 124 valence electrons. The van der Waals surface area contributed by atoms with E-state index in [1.165, 1.54) is 0 Å². The Hall–Kier alpha value is -2.53. The van der Waals surface area contributed by atoms with E-state index in [-0.39, 0.29) is 12.7 Å². The van der Waals surface area contributed by atoms with Crippen LogP contribution in [0, 0.1) is 0 Å². The average Bonchev–Trinajstić information content (AvgIpc) is 3.03. The van der Waals surface area contributed by atoms with Crippen molar-refractivity contribution >= 4 is 28.6 Å². The number of hydrogen-bond acceptors (Lipinski definition) is 4. The Morgan fingerprint density at radius 1 is 1.29 bits per heavy atom.